The Morgan fingerprint density at radius 1 is 1.03 bits per heavy atom. The molecule has 164 valence electrons. The van der Waals surface area contributed by atoms with Gasteiger partial charge in [0.05, 0.1) is 31.4 Å². The minimum absolute atomic E-state index is 0.0505. The van der Waals surface area contributed by atoms with Crippen LogP contribution < -0.4 is 9.47 Å². The lowest BCUT2D eigenvalue weighted by molar-refractivity contribution is -0.140. The first-order chi connectivity index (χ1) is 14.9. The van der Waals surface area contributed by atoms with Crippen molar-refractivity contribution in [3.05, 3.63) is 59.2 Å². The van der Waals surface area contributed by atoms with E-state index in [1.165, 1.54) is 31.3 Å². The molecule has 8 heteroatoms. The summed E-state index contributed by atoms with van der Waals surface area (Å²) < 4.78 is 15.6. The molecule has 1 aliphatic rings. The summed E-state index contributed by atoms with van der Waals surface area (Å²) in [5.41, 5.74) is 0.762. The molecule has 2 aromatic carbocycles. The summed E-state index contributed by atoms with van der Waals surface area (Å²) in [6.45, 7) is 0.672. The van der Waals surface area contributed by atoms with Gasteiger partial charge in [-0.2, -0.15) is 0 Å². The Kier molecular flexibility index (Phi) is 6.81. The van der Waals surface area contributed by atoms with Crippen LogP contribution in [-0.2, 0) is 14.3 Å². The second kappa shape index (κ2) is 9.53. The lowest BCUT2D eigenvalue weighted by Gasteiger charge is -2.25. The van der Waals surface area contributed by atoms with Crippen molar-refractivity contribution < 1.29 is 34.0 Å². The normalized spacial score (nSPS) is 17.8. The quantitative estimate of drug-likeness (QED) is 0.289. The van der Waals surface area contributed by atoms with Crippen molar-refractivity contribution in [3.63, 3.8) is 0 Å². The molecule has 0 aromatic heterocycles. The predicted molar refractivity (Wildman–Crippen MR) is 113 cm³/mol. The average molecular weight is 427 g/mol. The summed E-state index contributed by atoms with van der Waals surface area (Å²) in [6.07, 6.45) is 0.515. The Labute approximate surface area is 180 Å². The molecule has 1 atom stereocenters. The number of phenols is 1. The minimum Gasteiger partial charge on any atom is -0.508 e. The van der Waals surface area contributed by atoms with Crippen LogP contribution in [0.3, 0.4) is 0 Å². The molecule has 2 N–H and O–H groups in total. The molecule has 1 unspecified atom stereocenters. The van der Waals surface area contributed by atoms with E-state index in [1.807, 2.05) is 0 Å². The molecule has 1 amide bonds. The van der Waals surface area contributed by atoms with Crippen LogP contribution in [0.1, 0.15) is 23.6 Å². The highest BCUT2D eigenvalue weighted by atomic mass is 16.5. The summed E-state index contributed by atoms with van der Waals surface area (Å²) in [5, 5.41) is 20.9. The van der Waals surface area contributed by atoms with Crippen molar-refractivity contribution in [1.82, 2.24) is 4.90 Å². The number of carbonyl (C=O) groups is 2. The Morgan fingerprint density at radius 3 is 2.35 bits per heavy atom. The molecule has 0 saturated carbocycles. The number of likely N-dealkylation sites (tertiary alicyclic amines) is 1. The third-order valence-electron chi connectivity index (χ3n) is 5.16. The molecule has 0 aliphatic carbocycles. The highest BCUT2D eigenvalue weighted by molar-refractivity contribution is 6.46. The van der Waals surface area contributed by atoms with E-state index < -0.39 is 17.7 Å². The number of hydrogen-bond acceptors (Lipinski definition) is 7. The molecule has 1 saturated heterocycles. The highest BCUT2D eigenvalue weighted by Crippen LogP contribution is 2.41. The van der Waals surface area contributed by atoms with Crippen molar-refractivity contribution >= 4 is 17.4 Å². The lowest BCUT2D eigenvalue weighted by atomic mass is 9.94. The van der Waals surface area contributed by atoms with Crippen LogP contribution in [0.4, 0.5) is 0 Å². The minimum atomic E-state index is -0.826. The summed E-state index contributed by atoms with van der Waals surface area (Å²) in [5.74, 6) is -1.03. The zero-order chi connectivity index (χ0) is 22.5. The molecular weight excluding hydrogens is 402 g/mol. The number of methoxy groups -OCH3 is 3. The van der Waals surface area contributed by atoms with E-state index in [9.17, 15) is 19.8 Å². The first-order valence-electron chi connectivity index (χ1n) is 9.71. The van der Waals surface area contributed by atoms with Gasteiger partial charge >= 0.3 is 0 Å². The summed E-state index contributed by atoms with van der Waals surface area (Å²) in [7, 11) is 4.48. The fourth-order valence-electron chi connectivity index (χ4n) is 3.64. The molecule has 1 fully saturated rings. The third kappa shape index (κ3) is 4.34. The van der Waals surface area contributed by atoms with Gasteiger partial charge in [-0.3, -0.25) is 9.59 Å². The van der Waals surface area contributed by atoms with Crippen molar-refractivity contribution in [2.45, 2.75) is 12.5 Å². The van der Waals surface area contributed by atoms with Gasteiger partial charge in [0, 0.05) is 20.3 Å². The number of aliphatic hydroxyl groups excluding tert-OH is 1. The Morgan fingerprint density at radius 2 is 1.74 bits per heavy atom. The van der Waals surface area contributed by atoms with E-state index in [-0.39, 0.29) is 29.2 Å². The topological polar surface area (TPSA) is 106 Å². The maximum Gasteiger partial charge on any atom is 0.295 e. The summed E-state index contributed by atoms with van der Waals surface area (Å²) in [4.78, 5) is 27.3. The van der Waals surface area contributed by atoms with E-state index >= 15 is 0 Å². The Bertz CT molecular complexity index is 997. The van der Waals surface area contributed by atoms with E-state index in [4.69, 9.17) is 14.2 Å². The Hall–Kier alpha value is -3.52. The number of ether oxygens (including phenoxy) is 3. The number of aromatic hydroxyl groups is 1. The van der Waals surface area contributed by atoms with Gasteiger partial charge in [0.15, 0.2) is 0 Å². The van der Waals surface area contributed by atoms with Crippen molar-refractivity contribution in [2.24, 2.45) is 0 Å². The number of aliphatic hydroxyl groups is 1. The molecule has 1 aliphatic heterocycles. The fraction of sp³-hybridized carbons (Fsp3) is 0.304. The van der Waals surface area contributed by atoms with Gasteiger partial charge < -0.3 is 29.3 Å². The zero-order valence-electron chi connectivity index (χ0n) is 17.6. The van der Waals surface area contributed by atoms with Crippen LogP contribution in [0.2, 0.25) is 0 Å². The van der Waals surface area contributed by atoms with Gasteiger partial charge in [-0.25, -0.2) is 0 Å². The number of benzene rings is 2. The molecule has 2 aromatic rings. The molecule has 8 nitrogen and oxygen atoms in total. The van der Waals surface area contributed by atoms with Gasteiger partial charge in [0.25, 0.3) is 11.7 Å². The number of hydrogen-bond donors (Lipinski definition) is 2. The number of phenolic OH excluding ortho intramolecular Hbond substituents is 1. The smallest absolute Gasteiger partial charge is 0.295 e. The molecule has 0 spiro atoms. The third-order valence-corrected chi connectivity index (χ3v) is 5.16. The van der Waals surface area contributed by atoms with Crippen LogP contribution in [0.5, 0.6) is 17.2 Å². The average Bonchev–Trinajstić information content (AvgIpc) is 3.03. The molecule has 1 heterocycles. The monoisotopic (exact) mass is 427 g/mol. The summed E-state index contributed by atoms with van der Waals surface area (Å²) >= 11 is 0. The van der Waals surface area contributed by atoms with Crippen LogP contribution in [0.15, 0.2) is 48.0 Å². The van der Waals surface area contributed by atoms with Gasteiger partial charge in [-0.05, 0) is 42.3 Å². The van der Waals surface area contributed by atoms with Gasteiger partial charge in [0.1, 0.15) is 23.0 Å². The molecular formula is C23H25NO7. The number of amides is 1. The fourth-order valence-corrected chi connectivity index (χ4v) is 3.64. The van der Waals surface area contributed by atoms with Gasteiger partial charge in [-0.15, -0.1) is 0 Å². The number of ketones is 1. The molecule has 0 bridgehead atoms. The first-order valence-corrected chi connectivity index (χ1v) is 9.71. The second-order valence-corrected chi connectivity index (χ2v) is 7.00. The van der Waals surface area contributed by atoms with Gasteiger partial charge in [-0.1, -0.05) is 12.1 Å². The van der Waals surface area contributed by atoms with Crippen molar-refractivity contribution in [2.75, 3.05) is 34.5 Å². The number of Topliss-reactive ketones (excluding diaryl/α,β-unsaturated/α-hetero) is 1. The maximum atomic E-state index is 13.0. The number of carbonyl (C=O) groups excluding carboxylic acids is 2. The van der Waals surface area contributed by atoms with Crippen molar-refractivity contribution in [1.29, 1.82) is 0 Å². The van der Waals surface area contributed by atoms with Crippen LogP contribution in [0.25, 0.3) is 5.76 Å². The largest absolute Gasteiger partial charge is 0.508 e. The highest BCUT2D eigenvalue weighted by Gasteiger charge is 2.46. The van der Waals surface area contributed by atoms with Crippen LogP contribution in [0, 0.1) is 0 Å². The number of nitrogens with zero attached hydrogens (tertiary/aromatic N) is 1. The SMILES string of the molecule is COCCCN1C(=O)C(=O)/C(=C(/O)c2cc(OC)ccc2OC)C1c1ccc(O)cc1. The number of rotatable bonds is 8. The molecule has 0 radical (unpaired) electrons. The standard InChI is InChI=1S/C23H25NO7/c1-29-12-4-11-24-20(14-5-7-15(25)8-6-14)19(22(27)23(24)28)21(26)17-13-16(30-2)9-10-18(17)31-3/h5-10,13,20,25-26H,4,11-12H2,1-3H3/b21-19+. The maximum absolute atomic E-state index is 13.0. The first kappa shape index (κ1) is 22.2. The lowest BCUT2D eigenvalue weighted by Crippen LogP contribution is -2.31. The molecule has 3 rings (SSSR count). The van der Waals surface area contributed by atoms with E-state index in [0.29, 0.717) is 30.1 Å². The van der Waals surface area contributed by atoms with E-state index in [1.54, 1.807) is 37.4 Å². The van der Waals surface area contributed by atoms with Crippen molar-refractivity contribution in [3.8, 4) is 17.2 Å². The molecule has 31 heavy (non-hydrogen) atoms. The zero-order valence-corrected chi connectivity index (χ0v) is 17.6. The second-order valence-electron chi connectivity index (χ2n) is 7.00. The van der Waals surface area contributed by atoms with E-state index in [0.717, 1.165) is 0 Å². The summed E-state index contributed by atoms with van der Waals surface area (Å²) in [6, 6.07) is 10.2. The van der Waals surface area contributed by atoms with Gasteiger partial charge in [0.2, 0.25) is 0 Å². The Balaban J connectivity index is 2.18. The van der Waals surface area contributed by atoms with Crippen LogP contribution in [-0.4, -0.2) is 61.3 Å². The predicted octanol–water partition coefficient (Wildman–Crippen LogP) is 2.87. The van der Waals surface area contributed by atoms with E-state index in [2.05, 4.69) is 0 Å². The van der Waals surface area contributed by atoms with Crippen LogP contribution >= 0.6 is 0 Å².